The zero-order valence-corrected chi connectivity index (χ0v) is 16.4. The van der Waals surface area contributed by atoms with Crippen LogP contribution in [0, 0.1) is 6.92 Å². The van der Waals surface area contributed by atoms with E-state index >= 15 is 0 Å². The van der Waals surface area contributed by atoms with Gasteiger partial charge < -0.3 is 10.8 Å². The van der Waals surface area contributed by atoms with Crippen LogP contribution < -0.4 is 10.5 Å². The molecule has 2 aromatic rings. The SMILES string of the molecule is Cc1nc(N)ncc1-c1ccc(C(F)(F)F)c(S(=O)(=O)N[C@@H]2CCCC[C@@H]2O)c1. The Hall–Kier alpha value is -2.24. The summed E-state index contributed by atoms with van der Waals surface area (Å²) < 4.78 is 68.5. The third-order valence-corrected chi connectivity index (χ3v) is 6.45. The van der Waals surface area contributed by atoms with Gasteiger partial charge in [0.15, 0.2) is 0 Å². The number of benzene rings is 1. The minimum Gasteiger partial charge on any atom is -0.391 e. The van der Waals surface area contributed by atoms with Crippen molar-refractivity contribution < 1.29 is 26.7 Å². The molecule has 0 amide bonds. The van der Waals surface area contributed by atoms with Gasteiger partial charge in [0, 0.05) is 17.8 Å². The van der Waals surface area contributed by atoms with Crippen LogP contribution in [0.3, 0.4) is 0 Å². The molecule has 0 unspecified atom stereocenters. The molecule has 11 heteroatoms. The maximum atomic E-state index is 13.5. The summed E-state index contributed by atoms with van der Waals surface area (Å²) in [5.41, 5.74) is 5.19. The molecule has 0 saturated heterocycles. The van der Waals surface area contributed by atoms with Gasteiger partial charge in [-0.05, 0) is 37.5 Å². The minimum absolute atomic E-state index is 0.000963. The van der Waals surface area contributed by atoms with E-state index in [1.54, 1.807) is 6.92 Å². The van der Waals surface area contributed by atoms with Crippen molar-refractivity contribution in [2.45, 2.75) is 55.8 Å². The second-order valence-electron chi connectivity index (χ2n) is 7.02. The van der Waals surface area contributed by atoms with Gasteiger partial charge in [-0.15, -0.1) is 0 Å². The number of aliphatic hydroxyl groups is 1. The Morgan fingerprint density at radius 1 is 1.24 bits per heavy atom. The van der Waals surface area contributed by atoms with Crippen LogP contribution in [0.2, 0.25) is 0 Å². The van der Waals surface area contributed by atoms with E-state index in [-0.39, 0.29) is 11.5 Å². The van der Waals surface area contributed by atoms with Crippen molar-refractivity contribution in [3.8, 4) is 11.1 Å². The molecular weight excluding hydrogens is 409 g/mol. The van der Waals surface area contributed by atoms with E-state index in [1.807, 2.05) is 0 Å². The van der Waals surface area contributed by atoms with Crippen LogP contribution in [0.1, 0.15) is 36.9 Å². The lowest BCUT2D eigenvalue weighted by Gasteiger charge is -2.28. The van der Waals surface area contributed by atoms with E-state index in [2.05, 4.69) is 14.7 Å². The van der Waals surface area contributed by atoms with Crippen LogP contribution >= 0.6 is 0 Å². The fraction of sp³-hybridized carbons (Fsp3) is 0.444. The zero-order chi connectivity index (χ0) is 21.4. The lowest BCUT2D eigenvalue weighted by molar-refractivity contribution is -0.139. The number of halogens is 3. The number of nitrogen functional groups attached to an aromatic ring is 1. The Morgan fingerprint density at radius 2 is 1.93 bits per heavy atom. The number of aliphatic hydroxyl groups excluding tert-OH is 1. The second kappa shape index (κ2) is 7.88. The molecule has 2 atom stereocenters. The molecule has 7 nitrogen and oxygen atoms in total. The van der Waals surface area contributed by atoms with Gasteiger partial charge in [-0.2, -0.15) is 13.2 Å². The van der Waals surface area contributed by atoms with Gasteiger partial charge in [0.25, 0.3) is 0 Å². The summed E-state index contributed by atoms with van der Waals surface area (Å²) in [4.78, 5) is 6.89. The Balaban J connectivity index is 2.09. The molecular formula is C18H21F3N4O3S. The van der Waals surface area contributed by atoms with Gasteiger partial charge in [0.2, 0.25) is 16.0 Å². The summed E-state index contributed by atoms with van der Waals surface area (Å²) >= 11 is 0. The second-order valence-corrected chi connectivity index (χ2v) is 8.70. The van der Waals surface area contributed by atoms with E-state index in [4.69, 9.17) is 5.73 Å². The molecule has 0 spiro atoms. The fourth-order valence-electron chi connectivity index (χ4n) is 3.43. The maximum absolute atomic E-state index is 13.5. The summed E-state index contributed by atoms with van der Waals surface area (Å²) in [6.45, 7) is 1.59. The van der Waals surface area contributed by atoms with Gasteiger partial charge in [0.1, 0.15) is 0 Å². The van der Waals surface area contributed by atoms with Gasteiger partial charge in [-0.1, -0.05) is 18.9 Å². The molecule has 1 aromatic carbocycles. The summed E-state index contributed by atoms with van der Waals surface area (Å²) in [5.74, 6) is -0.000963. The highest BCUT2D eigenvalue weighted by atomic mass is 32.2. The predicted molar refractivity (Wildman–Crippen MR) is 100 cm³/mol. The molecule has 0 radical (unpaired) electrons. The molecule has 1 heterocycles. The summed E-state index contributed by atoms with van der Waals surface area (Å²) in [6.07, 6.45) is -2.33. The maximum Gasteiger partial charge on any atom is 0.417 e. The zero-order valence-electron chi connectivity index (χ0n) is 15.6. The standard InChI is InChI=1S/C18H21F3N4O3S/c1-10-12(9-23-17(22)24-10)11-6-7-13(18(19,20)21)16(8-11)29(27,28)25-14-4-2-3-5-15(14)26/h6-9,14-15,25-26H,2-5H2,1H3,(H2,22,23,24)/t14-,15+/m1/s1. The van der Waals surface area contributed by atoms with Crippen LogP contribution in [0.5, 0.6) is 0 Å². The molecule has 1 aromatic heterocycles. The number of alkyl halides is 3. The largest absolute Gasteiger partial charge is 0.417 e. The van der Waals surface area contributed by atoms with Crippen molar-refractivity contribution in [1.29, 1.82) is 0 Å². The highest BCUT2D eigenvalue weighted by molar-refractivity contribution is 7.89. The number of aryl methyl sites for hydroxylation is 1. The highest BCUT2D eigenvalue weighted by Gasteiger charge is 2.39. The molecule has 1 aliphatic rings. The average Bonchev–Trinajstić information content (AvgIpc) is 2.62. The smallest absolute Gasteiger partial charge is 0.391 e. The van der Waals surface area contributed by atoms with E-state index in [9.17, 15) is 26.7 Å². The van der Waals surface area contributed by atoms with E-state index in [0.717, 1.165) is 18.6 Å². The number of sulfonamides is 1. The molecule has 0 bridgehead atoms. The van der Waals surface area contributed by atoms with Crippen molar-refractivity contribution >= 4 is 16.0 Å². The van der Waals surface area contributed by atoms with Gasteiger partial charge in [-0.3, -0.25) is 0 Å². The van der Waals surface area contributed by atoms with Crippen molar-refractivity contribution in [2.24, 2.45) is 0 Å². The number of nitrogens with two attached hydrogens (primary N) is 1. The average molecular weight is 430 g/mol. The van der Waals surface area contributed by atoms with Crippen LogP contribution in [-0.2, 0) is 16.2 Å². The molecule has 1 saturated carbocycles. The lowest BCUT2D eigenvalue weighted by atomic mass is 9.93. The number of nitrogens with one attached hydrogen (secondary N) is 1. The van der Waals surface area contributed by atoms with Crippen LogP contribution in [0.25, 0.3) is 11.1 Å². The quantitative estimate of drug-likeness (QED) is 0.686. The Morgan fingerprint density at radius 3 is 2.55 bits per heavy atom. The van der Waals surface area contributed by atoms with Crippen molar-refractivity contribution in [3.63, 3.8) is 0 Å². The number of nitrogens with zero attached hydrogens (tertiary/aromatic N) is 2. The van der Waals surface area contributed by atoms with E-state index in [1.165, 1.54) is 12.3 Å². The molecule has 29 heavy (non-hydrogen) atoms. The Bertz CT molecular complexity index is 1010. The first kappa shape index (κ1) is 21.5. The first-order valence-corrected chi connectivity index (χ1v) is 10.5. The molecule has 3 rings (SSSR count). The van der Waals surface area contributed by atoms with Crippen LogP contribution in [0.4, 0.5) is 19.1 Å². The van der Waals surface area contributed by atoms with Gasteiger partial charge in [0.05, 0.1) is 22.3 Å². The van der Waals surface area contributed by atoms with Crippen LogP contribution in [0.15, 0.2) is 29.3 Å². The first-order valence-electron chi connectivity index (χ1n) is 9.00. The third-order valence-electron chi connectivity index (χ3n) is 4.92. The first-order chi connectivity index (χ1) is 13.5. The van der Waals surface area contributed by atoms with Crippen molar-refractivity contribution in [3.05, 3.63) is 35.7 Å². The van der Waals surface area contributed by atoms with E-state index < -0.39 is 38.8 Å². The monoisotopic (exact) mass is 430 g/mol. The Labute approximate surface area is 166 Å². The normalized spacial score (nSPS) is 20.6. The molecule has 1 fully saturated rings. The number of hydrogen-bond acceptors (Lipinski definition) is 6. The number of aromatic nitrogens is 2. The number of hydrogen-bond donors (Lipinski definition) is 3. The predicted octanol–water partition coefficient (Wildman–Crippen LogP) is 2.63. The number of anilines is 1. The Kier molecular flexibility index (Phi) is 5.84. The molecule has 1 aliphatic carbocycles. The third kappa shape index (κ3) is 4.68. The van der Waals surface area contributed by atoms with Crippen molar-refractivity contribution in [2.75, 3.05) is 5.73 Å². The lowest BCUT2D eigenvalue weighted by Crippen LogP contribution is -2.45. The van der Waals surface area contributed by atoms with Crippen LogP contribution in [-0.4, -0.2) is 35.6 Å². The minimum atomic E-state index is -4.87. The van der Waals surface area contributed by atoms with Gasteiger partial charge in [-0.25, -0.2) is 23.1 Å². The number of rotatable bonds is 4. The highest BCUT2D eigenvalue weighted by Crippen LogP contribution is 2.37. The molecule has 4 N–H and O–H groups in total. The summed E-state index contributed by atoms with van der Waals surface area (Å²) in [5, 5.41) is 10.0. The van der Waals surface area contributed by atoms with Gasteiger partial charge >= 0.3 is 6.18 Å². The topological polar surface area (TPSA) is 118 Å². The molecule has 158 valence electrons. The summed E-state index contributed by atoms with van der Waals surface area (Å²) in [7, 11) is -4.55. The van der Waals surface area contributed by atoms with E-state index in [0.29, 0.717) is 30.5 Å². The molecule has 0 aliphatic heterocycles. The summed E-state index contributed by atoms with van der Waals surface area (Å²) in [6, 6.07) is 2.00. The van der Waals surface area contributed by atoms with Crippen molar-refractivity contribution in [1.82, 2.24) is 14.7 Å². The fourth-order valence-corrected chi connectivity index (χ4v) is 4.98.